The van der Waals surface area contributed by atoms with Crippen LogP contribution in [-0.2, 0) is 16.3 Å². The van der Waals surface area contributed by atoms with Crippen LogP contribution in [-0.4, -0.2) is 66.2 Å². The zero-order valence-corrected chi connectivity index (χ0v) is 18.6. The van der Waals surface area contributed by atoms with Gasteiger partial charge in [-0.1, -0.05) is 0 Å². The second-order valence-corrected chi connectivity index (χ2v) is 9.60. The van der Waals surface area contributed by atoms with E-state index in [1.54, 1.807) is 13.8 Å². The van der Waals surface area contributed by atoms with Crippen LogP contribution in [0, 0.1) is 6.92 Å². The first-order valence-corrected chi connectivity index (χ1v) is 10.2. The lowest BCUT2D eigenvalue weighted by atomic mass is 10.1. The van der Waals surface area contributed by atoms with Gasteiger partial charge in [0.1, 0.15) is 0 Å². The summed E-state index contributed by atoms with van der Waals surface area (Å²) < 4.78 is 23.6. The second-order valence-electron chi connectivity index (χ2n) is 6.86. The minimum Gasteiger partial charge on any atom is -0.357 e. The van der Waals surface area contributed by atoms with E-state index in [9.17, 15) is 8.42 Å². The first-order valence-electron chi connectivity index (χ1n) is 8.51. The Hall–Kier alpha value is -0.840. The number of guanidine groups is 1. The molecular formula is C16H30IN5O2S. The van der Waals surface area contributed by atoms with Gasteiger partial charge in [-0.2, -0.15) is 5.10 Å². The van der Waals surface area contributed by atoms with E-state index >= 15 is 0 Å². The molecule has 0 aliphatic carbocycles. The summed E-state index contributed by atoms with van der Waals surface area (Å²) in [7, 11) is -3.04. The van der Waals surface area contributed by atoms with Crippen LogP contribution < -0.4 is 5.32 Å². The molecule has 7 nitrogen and oxygen atoms in total. The molecule has 0 aromatic carbocycles. The van der Waals surface area contributed by atoms with E-state index in [4.69, 9.17) is 0 Å². The summed E-state index contributed by atoms with van der Waals surface area (Å²) in [6, 6.07) is 0. The molecule has 0 atom stereocenters. The fourth-order valence-corrected chi connectivity index (χ4v) is 4.20. The van der Waals surface area contributed by atoms with Gasteiger partial charge in [-0.15, -0.1) is 24.0 Å². The van der Waals surface area contributed by atoms with Gasteiger partial charge < -0.3 is 10.2 Å². The third kappa shape index (κ3) is 5.57. The lowest BCUT2D eigenvalue weighted by Crippen LogP contribution is -2.57. The van der Waals surface area contributed by atoms with E-state index in [1.807, 2.05) is 20.0 Å². The molecular weight excluding hydrogens is 453 g/mol. The molecule has 0 unspecified atom stereocenters. The maximum Gasteiger partial charge on any atom is 0.193 e. The van der Waals surface area contributed by atoms with E-state index < -0.39 is 14.6 Å². The summed E-state index contributed by atoms with van der Waals surface area (Å²) in [6.45, 7) is 10.1. The highest BCUT2D eigenvalue weighted by atomic mass is 127. The highest BCUT2D eigenvalue weighted by molar-refractivity contribution is 14.0. The molecule has 1 aliphatic rings. The minimum atomic E-state index is -3.04. The van der Waals surface area contributed by atoms with Crippen LogP contribution in [0.15, 0.2) is 11.2 Å². The molecule has 0 amide bonds. The zero-order chi connectivity index (χ0) is 17.8. The smallest absolute Gasteiger partial charge is 0.193 e. The number of aliphatic imine (C=N–C) groups is 1. The first-order chi connectivity index (χ1) is 11.3. The van der Waals surface area contributed by atoms with Crippen molar-refractivity contribution in [3.63, 3.8) is 0 Å². The van der Waals surface area contributed by atoms with Crippen molar-refractivity contribution in [3.05, 3.63) is 17.5 Å². The predicted molar refractivity (Wildman–Crippen MR) is 112 cm³/mol. The third-order valence-corrected chi connectivity index (χ3v) is 7.01. The third-order valence-electron chi connectivity index (χ3n) is 4.48. The molecule has 1 aliphatic heterocycles. The van der Waals surface area contributed by atoms with Gasteiger partial charge in [0.05, 0.1) is 16.7 Å². The maximum absolute atomic E-state index is 12.2. The Labute approximate surface area is 168 Å². The molecule has 0 bridgehead atoms. The van der Waals surface area contributed by atoms with E-state index in [0.717, 1.165) is 31.0 Å². The summed E-state index contributed by atoms with van der Waals surface area (Å²) in [4.78, 5) is 6.75. The number of sulfone groups is 1. The van der Waals surface area contributed by atoms with Crippen LogP contribution in [0.4, 0.5) is 0 Å². The molecule has 2 rings (SSSR count). The number of nitrogens with zero attached hydrogens (tertiary/aromatic N) is 3. The molecule has 25 heavy (non-hydrogen) atoms. The standard InChI is InChI=1S/C16H29N5O2S.HI/c1-5-17-15(18-8-6-7-14-11-19-20-13(14)2)21-9-10-24(22,23)16(3,4)12-21;/h11H,5-10,12H2,1-4H3,(H,17,18)(H,19,20);1H. The van der Waals surface area contributed by atoms with Crippen molar-refractivity contribution in [3.8, 4) is 0 Å². The average Bonchev–Trinajstić information content (AvgIpc) is 2.91. The molecule has 1 saturated heterocycles. The number of H-pyrrole nitrogens is 1. The topological polar surface area (TPSA) is 90.4 Å². The summed E-state index contributed by atoms with van der Waals surface area (Å²) in [5.74, 6) is 0.989. The zero-order valence-electron chi connectivity index (χ0n) is 15.5. The number of aromatic nitrogens is 2. The quantitative estimate of drug-likeness (QED) is 0.288. The van der Waals surface area contributed by atoms with Gasteiger partial charge in [0.2, 0.25) is 0 Å². The SMILES string of the molecule is CCNC(=NCCCc1cn[nH]c1C)N1CCS(=O)(=O)C(C)(C)C1.I. The van der Waals surface area contributed by atoms with Crippen LogP contribution in [0.25, 0.3) is 0 Å². The van der Waals surface area contributed by atoms with E-state index in [2.05, 4.69) is 25.4 Å². The van der Waals surface area contributed by atoms with Crippen molar-refractivity contribution >= 4 is 39.8 Å². The van der Waals surface area contributed by atoms with Crippen molar-refractivity contribution in [2.45, 2.75) is 45.3 Å². The summed E-state index contributed by atoms with van der Waals surface area (Å²) in [5, 5.41) is 10.3. The summed E-state index contributed by atoms with van der Waals surface area (Å²) in [5.41, 5.74) is 2.33. The average molecular weight is 483 g/mol. The first kappa shape index (κ1) is 22.2. The van der Waals surface area contributed by atoms with Gasteiger partial charge in [0.25, 0.3) is 0 Å². The Balaban J connectivity index is 0.00000312. The lowest BCUT2D eigenvalue weighted by Gasteiger charge is -2.39. The lowest BCUT2D eigenvalue weighted by molar-refractivity contribution is 0.353. The van der Waals surface area contributed by atoms with E-state index in [1.165, 1.54) is 5.56 Å². The van der Waals surface area contributed by atoms with Crippen LogP contribution in [0.5, 0.6) is 0 Å². The van der Waals surface area contributed by atoms with E-state index in [0.29, 0.717) is 19.6 Å². The van der Waals surface area contributed by atoms with Crippen molar-refractivity contribution in [2.24, 2.45) is 4.99 Å². The van der Waals surface area contributed by atoms with Crippen LogP contribution >= 0.6 is 24.0 Å². The number of hydrogen-bond donors (Lipinski definition) is 2. The molecule has 1 aromatic heterocycles. The number of hydrogen-bond acceptors (Lipinski definition) is 4. The molecule has 144 valence electrons. The molecule has 1 aromatic rings. The Kier molecular flexibility index (Phi) is 8.17. The molecule has 0 saturated carbocycles. The van der Waals surface area contributed by atoms with Crippen molar-refractivity contribution in [1.82, 2.24) is 20.4 Å². The van der Waals surface area contributed by atoms with Crippen molar-refractivity contribution < 1.29 is 8.42 Å². The number of rotatable bonds is 5. The van der Waals surface area contributed by atoms with Gasteiger partial charge in [-0.25, -0.2) is 8.42 Å². The molecule has 1 fully saturated rings. The predicted octanol–water partition coefficient (Wildman–Crippen LogP) is 1.74. The number of nitrogens with one attached hydrogen (secondary N) is 2. The van der Waals surface area contributed by atoms with Crippen molar-refractivity contribution in [1.29, 1.82) is 0 Å². The molecule has 0 spiro atoms. The number of halogens is 1. The van der Waals surface area contributed by atoms with Gasteiger partial charge >= 0.3 is 0 Å². The Morgan fingerprint density at radius 2 is 2.20 bits per heavy atom. The minimum absolute atomic E-state index is 0. The van der Waals surface area contributed by atoms with E-state index in [-0.39, 0.29) is 29.7 Å². The highest BCUT2D eigenvalue weighted by Crippen LogP contribution is 2.23. The van der Waals surface area contributed by atoms with Crippen LogP contribution in [0.2, 0.25) is 0 Å². The van der Waals surface area contributed by atoms with Crippen LogP contribution in [0.1, 0.15) is 38.4 Å². The van der Waals surface area contributed by atoms with Gasteiger partial charge in [0, 0.05) is 31.9 Å². The molecule has 2 heterocycles. The number of aromatic amines is 1. The van der Waals surface area contributed by atoms with Crippen molar-refractivity contribution in [2.75, 3.05) is 31.9 Å². The van der Waals surface area contributed by atoms with Gasteiger partial charge in [0.15, 0.2) is 15.8 Å². The molecule has 0 radical (unpaired) electrons. The van der Waals surface area contributed by atoms with Crippen LogP contribution in [0.3, 0.4) is 0 Å². The fourth-order valence-electron chi connectivity index (χ4n) is 2.83. The van der Waals surface area contributed by atoms with Gasteiger partial charge in [-0.3, -0.25) is 10.1 Å². The number of aryl methyl sites for hydroxylation is 2. The highest BCUT2D eigenvalue weighted by Gasteiger charge is 2.40. The summed E-state index contributed by atoms with van der Waals surface area (Å²) >= 11 is 0. The Bertz CT molecular complexity index is 684. The Morgan fingerprint density at radius 3 is 2.76 bits per heavy atom. The maximum atomic E-state index is 12.2. The molecule has 9 heteroatoms. The largest absolute Gasteiger partial charge is 0.357 e. The normalized spacial score (nSPS) is 19.4. The fraction of sp³-hybridized carbons (Fsp3) is 0.750. The monoisotopic (exact) mass is 483 g/mol. The summed E-state index contributed by atoms with van der Waals surface area (Å²) in [6.07, 6.45) is 3.73. The molecule has 2 N–H and O–H groups in total. The Morgan fingerprint density at radius 1 is 1.48 bits per heavy atom. The second kappa shape index (κ2) is 9.20. The van der Waals surface area contributed by atoms with Gasteiger partial charge in [-0.05, 0) is 46.1 Å².